The van der Waals surface area contributed by atoms with Crippen LogP contribution >= 0.6 is 0 Å². The monoisotopic (exact) mass is 282 g/mol. The summed E-state index contributed by atoms with van der Waals surface area (Å²) in [6.07, 6.45) is 5.92. The van der Waals surface area contributed by atoms with E-state index in [9.17, 15) is 14.7 Å². The number of carboxylic acid groups (broad SMARTS) is 1. The molecule has 0 atom stereocenters. The van der Waals surface area contributed by atoms with Gasteiger partial charge >= 0.3 is 12.0 Å². The molecule has 2 aliphatic carbocycles. The van der Waals surface area contributed by atoms with Gasteiger partial charge in [-0.1, -0.05) is 26.7 Å². The summed E-state index contributed by atoms with van der Waals surface area (Å²) in [4.78, 5) is 25.8. The first-order chi connectivity index (χ1) is 9.44. The molecule has 114 valence electrons. The lowest BCUT2D eigenvalue weighted by molar-refractivity contribution is -0.144. The molecule has 0 aromatic carbocycles. The third-order valence-electron chi connectivity index (χ3n) is 4.41. The third-order valence-corrected chi connectivity index (χ3v) is 4.41. The van der Waals surface area contributed by atoms with Gasteiger partial charge in [-0.05, 0) is 38.0 Å². The Labute approximate surface area is 120 Å². The summed E-state index contributed by atoms with van der Waals surface area (Å²) in [5.74, 6) is -0.341. The van der Waals surface area contributed by atoms with E-state index in [1.54, 1.807) is 0 Å². The quantitative estimate of drug-likeness (QED) is 0.786. The van der Waals surface area contributed by atoms with Crippen LogP contribution in [-0.2, 0) is 4.79 Å². The van der Waals surface area contributed by atoms with Crippen molar-refractivity contribution in [2.75, 3.05) is 6.54 Å². The highest BCUT2D eigenvalue weighted by Gasteiger charge is 2.44. The topological polar surface area (TPSA) is 69.6 Å². The second-order valence-corrected chi connectivity index (χ2v) is 6.63. The van der Waals surface area contributed by atoms with E-state index in [2.05, 4.69) is 19.2 Å². The number of urea groups is 1. The maximum Gasteiger partial charge on any atom is 0.329 e. The number of rotatable bonds is 6. The van der Waals surface area contributed by atoms with Crippen molar-refractivity contribution in [3.63, 3.8) is 0 Å². The summed E-state index contributed by atoms with van der Waals surface area (Å²) in [5.41, 5.74) is -1.03. The minimum Gasteiger partial charge on any atom is -0.480 e. The molecule has 0 spiro atoms. The van der Waals surface area contributed by atoms with Crippen molar-refractivity contribution in [1.29, 1.82) is 0 Å². The van der Waals surface area contributed by atoms with E-state index in [1.807, 2.05) is 4.90 Å². The van der Waals surface area contributed by atoms with Crippen LogP contribution in [0.1, 0.15) is 58.8 Å². The number of carbonyl (C=O) groups is 2. The zero-order valence-corrected chi connectivity index (χ0v) is 12.5. The second kappa shape index (κ2) is 6.02. The van der Waals surface area contributed by atoms with Gasteiger partial charge in [-0.15, -0.1) is 0 Å². The van der Waals surface area contributed by atoms with Gasteiger partial charge in [-0.2, -0.15) is 0 Å². The average molecular weight is 282 g/mol. The largest absolute Gasteiger partial charge is 0.480 e. The molecule has 2 amide bonds. The minimum absolute atomic E-state index is 0.183. The normalized spacial score (nSPS) is 20.9. The Morgan fingerprint density at radius 3 is 2.35 bits per heavy atom. The van der Waals surface area contributed by atoms with Crippen molar-refractivity contribution in [2.24, 2.45) is 5.92 Å². The molecule has 0 saturated heterocycles. The van der Waals surface area contributed by atoms with Crippen molar-refractivity contribution in [3.8, 4) is 0 Å². The maximum atomic E-state index is 12.5. The molecule has 2 rings (SSSR count). The van der Waals surface area contributed by atoms with Gasteiger partial charge in [0, 0.05) is 12.6 Å². The molecule has 5 nitrogen and oxygen atoms in total. The molecule has 0 aliphatic heterocycles. The fourth-order valence-corrected chi connectivity index (χ4v) is 2.88. The molecule has 2 aliphatic rings. The van der Waals surface area contributed by atoms with Gasteiger partial charge in [0.25, 0.3) is 0 Å². The Bertz CT molecular complexity index is 371. The van der Waals surface area contributed by atoms with Crippen LogP contribution in [0.15, 0.2) is 0 Å². The number of hydrogen-bond acceptors (Lipinski definition) is 2. The highest BCUT2D eigenvalue weighted by Crippen LogP contribution is 2.32. The number of aliphatic carboxylic acids is 1. The molecule has 0 aromatic heterocycles. The number of nitrogens with one attached hydrogen (secondary N) is 1. The first kappa shape index (κ1) is 15.1. The smallest absolute Gasteiger partial charge is 0.329 e. The molecule has 2 N–H and O–H groups in total. The van der Waals surface area contributed by atoms with Crippen molar-refractivity contribution >= 4 is 12.0 Å². The first-order valence-electron chi connectivity index (χ1n) is 7.77. The highest BCUT2D eigenvalue weighted by molar-refractivity contribution is 5.86. The number of carbonyl (C=O) groups excluding carboxylic acids is 1. The summed E-state index contributed by atoms with van der Waals surface area (Å²) in [7, 11) is 0. The molecule has 0 radical (unpaired) electrons. The molecule has 0 aromatic rings. The van der Waals surface area contributed by atoms with E-state index < -0.39 is 11.5 Å². The van der Waals surface area contributed by atoms with Gasteiger partial charge in [0.15, 0.2) is 0 Å². The number of hydrogen-bond donors (Lipinski definition) is 2. The standard InChI is InChI=1S/C15H26N2O3/c1-11(2)7-10-17(12-5-6-12)14(20)16-15(13(18)19)8-3-4-9-15/h11-12H,3-10H2,1-2H3,(H,16,20)(H,18,19). The van der Waals surface area contributed by atoms with Crippen LogP contribution in [0.2, 0.25) is 0 Å². The van der Waals surface area contributed by atoms with Crippen molar-refractivity contribution in [2.45, 2.75) is 70.4 Å². The van der Waals surface area contributed by atoms with Gasteiger partial charge in [0.1, 0.15) is 5.54 Å². The van der Waals surface area contributed by atoms with E-state index in [-0.39, 0.29) is 6.03 Å². The van der Waals surface area contributed by atoms with E-state index >= 15 is 0 Å². The molecule has 2 saturated carbocycles. The average Bonchev–Trinajstić information content (AvgIpc) is 3.08. The lowest BCUT2D eigenvalue weighted by atomic mass is 9.98. The summed E-state index contributed by atoms with van der Waals surface area (Å²) in [6, 6.07) is 0.137. The summed E-state index contributed by atoms with van der Waals surface area (Å²) in [5, 5.41) is 12.3. The predicted octanol–water partition coefficient (Wildman–Crippen LogP) is 2.60. The molecule has 0 heterocycles. The molecule has 2 fully saturated rings. The van der Waals surface area contributed by atoms with E-state index in [4.69, 9.17) is 0 Å². The Morgan fingerprint density at radius 2 is 1.90 bits per heavy atom. The Hall–Kier alpha value is -1.26. The maximum absolute atomic E-state index is 12.5. The highest BCUT2D eigenvalue weighted by atomic mass is 16.4. The zero-order chi connectivity index (χ0) is 14.8. The zero-order valence-electron chi connectivity index (χ0n) is 12.5. The van der Waals surface area contributed by atoms with E-state index in [0.29, 0.717) is 24.8 Å². The van der Waals surface area contributed by atoms with Gasteiger partial charge in [0.05, 0.1) is 0 Å². The van der Waals surface area contributed by atoms with Crippen LogP contribution in [0.25, 0.3) is 0 Å². The molecule has 5 heteroatoms. The molecule has 0 unspecified atom stereocenters. The van der Waals surface area contributed by atoms with Gasteiger partial charge in [0.2, 0.25) is 0 Å². The Balaban J connectivity index is 1.98. The molecule has 20 heavy (non-hydrogen) atoms. The Kier molecular flexibility index (Phi) is 4.55. The van der Waals surface area contributed by atoms with E-state index in [0.717, 1.165) is 38.6 Å². The van der Waals surface area contributed by atoms with Gasteiger partial charge in [-0.25, -0.2) is 9.59 Å². The number of amides is 2. The second-order valence-electron chi connectivity index (χ2n) is 6.63. The lowest BCUT2D eigenvalue weighted by Gasteiger charge is -2.31. The van der Waals surface area contributed by atoms with Crippen LogP contribution in [0.3, 0.4) is 0 Å². The van der Waals surface area contributed by atoms with Crippen LogP contribution < -0.4 is 5.32 Å². The van der Waals surface area contributed by atoms with Crippen LogP contribution in [-0.4, -0.2) is 40.1 Å². The molecular weight excluding hydrogens is 256 g/mol. The number of nitrogens with zero attached hydrogens (tertiary/aromatic N) is 1. The van der Waals surface area contributed by atoms with Crippen molar-refractivity contribution in [1.82, 2.24) is 10.2 Å². The lowest BCUT2D eigenvalue weighted by Crippen LogP contribution is -2.57. The summed E-state index contributed by atoms with van der Waals surface area (Å²) < 4.78 is 0. The Morgan fingerprint density at radius 1 is 1.30 bits per heavy atom. The first-order valence-corrected chi connectivity index (χ1v) is 7.77. The van der Waals surface area contributed by atoms with E-state index in [1.165, 1.54) is 0 Å². The predicted molar refractivity (Wildman–Crippen MR) is 76.5 cm³/mol. The molecule has 0 bridgehead atoms. The van der Waals surface area contributed by atoms with Crippen LogP contribution in [0, 0.1) is 5.92 Å². The summed E-state index contributed by atoms with van der Waals surface area (Å²) in [6.45, 7) is 5.00. The fraction of sp³-hybridized carbons (Fsp3) is 0.867. The van der Waals surface area contributed by atoms with Crippen LogP contribution in [0.5, 0.6) is 0 Å². The minimum atomic E-state index is -1.03. The third kappa shape index (κ3) is 3.44. The van der Waals surface area contributed by atoms with Gasteiger partial charge < -0.3 is 15.3 Å². The fourth-order valence-electron chi connectivity index (χ4n) is 2.88. The van der Waals surface area contributed by atoms with Crippen molar-refractivity contribution < 1.29 is 14.7 Å². The number of carboxylic acids is 1. The van der Waals surface area contributed by atoms with Gasteiger partial charge in [-0.3, -0.25) is 0 Å². The molecular formula is C15H26N2O3. The van der Waals surface area contributed by atoms with Crippen LogP contribution in [0.4, 0.5) is 4.79 Å². The van der Waals surface area contributed by atoms with Crippen molar-refractivity contribution in [3.05, 3.63) is 0 Å². The SMILES string of the molecule is CC(C)CCN(C(=O)NC1(C(=O)O)CCCC1)C1CC1. The summed E-state index contributed by atoms with van der Waals surface area (Å²) >= 11 is 0.